The van der Waals surface area contributed by atoms with Crippen molar-refractivity contribution in [3.63, 3.8) is 0 Å². The van der Waals surface area contributed by atoms with Crippen molar-refractivity contribution in [3.8, 4) is 0 Å². The molecule has 0 fully saturated rings. The Bertz CT molecular complexity index is 1150. The van der Waals surface area contributed by atoms with Crippen molar-refractivity contribution in [1.29, 1.82) is 0 Å². The molecule has 0 saturated carbocycles. The van der Waals surface area contributed by atoms with E-state index in [1.165, 1.54) is 12.1 Å². The third-order valence-corrected chi connectivity index (χ3v) is 9.34. The Balaban J connectivity index is 1.96. The second kappa shape index (κ2) is 10.8. The molecule has 3 rings (SSSR count). The molecule has 0 atom stereocenters. The number of nitrogens with zero attached hydrogens (tertiary/aromatic N) is 1. The number of hydrogen-bond donors (Lipinski definition) is 0. The SMILES string of the molecule is CCCC/C(CP(=O)(c1ccccc1)c1ccccc1)=N\OS(=O)(=O)c1ccc(C)cc1. The molecule has 0 heterocycles. The Morgan fingerprint density at radius 1 is 0.875 bits per heavy atom. The molecule has 0 aliphatic rings. The van der Waals surface area contributed by atoms with Crippen molar-refractivity contribution in [3.05, 3.63) is 90.5 Å². The molecule has 5 nitrogen and oxygen atoms in total. The quantitative estimate of drug-likeness (QED) is 0.231. The fourth-order valence-corrected chi connectivity index (χ4v) is 6.77. The summed E-state index contributed by atoms with van der Waals surface area (Å²) in [5.74, 6) is 0. The van der Waals surface area contributed by atoms with E-state index in [1.54, 1.807) is 12.1 Å². The van der Waals surface area contributed by atoms with E-state index in [-0.39, 0.29) is 11.1 Å². The van der Waals surface area contributed by atoms with Gasteiger partial charge in [-0.1, -0.05) is 96.9 Å². The van der Waals surface area contributed by atoms with Crippen LogP contribution >= 0.6 is 7.14 Å². The lowest BCUT2D eigenvalue weighted by Crippen LogP contribution is -2.23. The fourth-order valence-electron chi connectivity index (χ4n) is 3.31. The van der Waals surface area contributed by atoms with Gasteiger partial charge in [-0.2, -0.15) is 8.42 Å². The molecule has 0 unspecified atom stereocenters. The highest BCUT2D eigenvalue weighted by atomic mass is 32.2. The topological polar surface area (TPSA) is 72.8 Å². The highest BCUT2D eigenvalue weighted by Crippen LogP contribution is 2.43. The van der Waals surface area contributed by atoms with Gasteiger partial charge in [0.05, 0.1) is 11.9 Å². The zero-order valence-corrected chi connectivity index (χ0v) is 20.1. The predicted molar refractivity (Wildman–Crippen MR) is 131 cm³/mol. The van der Waals surface area contributed by atoms with Gasteiger partial charge in [-0.25, -0.2) is 0 Å². The van der Waals surface area contributed by atoms with Crippen LogP contribution in [0, 0.1) is 6.92 Å². The molecule has 0 saturated heterocycles. The lowest BCUT2D eigenvalue weighted by molar-refractivity contribution is 0.337. The van der Waals surface area contributed by atoms with Crippen molar-refractivity contribution in [2.24, 2.45) is 5.16 Å². The van der Waals surface area contributed by atoms with E-state index in [4.69, 9.17) is 4.28 Å². The van der Waals surface area contributed by atoms with Gasteiger partial charge in [-0.3, -0.25) is 4.28 Å². The number of hydrogen-bond acceptors (Lipinski definition) is 5. The molecule has 0 aliphatic carbocycles. The summed E-state index contributed by atoms with van der Waals surface area (Å²) < 4.78 is 44.7. The predicted octanol–water partition coefficient (Wildman–Crippen LogP) is 5.26. The highest BCUT2D eigenvalue weighted by Gasteiger charge is 2.29. The fraction of sp³-hybridized carbons (Fsp3) is 0.240. The standard InChI is InChI=1S/C25H28NO4PS/c1-3-4-11-22(26-30-32(28,29)25-18-16-21(2)17-19-25)20-31(27,23-12-7-5-8-13-23)24-14-9-6-10-15-24/h5-10,12-19H,3-4,11,20H2,1-2H3/b26-22+. The van der Waals surface area contributed by atoms with Gasteiger partial charge in [0.2, 0.25) is 0 Å². The first-order valence-corrected chi connectivity index (χ1v) is 13.9. The molecule has 0 bridgehead atoms. The molecule has 0 spiro atoms. The first-order chi connectivity index (χ1) is 15.3. The molecule has 0 radical (unpaired) electrons. The molecule has 3 aromatic rings. The third kappa shape index (κ3) is 5.96. The minimum Gasteiger partial charge on any atom is -0.313 e. The second-order valence-corrected chi connectivity index (χ2v) is 12.0. The average molecular weight is 470 g/mol. The number of benzene rings is 3. The summed E-state index contributed by atoms with van der Waals surface area (Å²) in [6, 6.07) is 24.9. The largest absolute Gasteiger partial charge is 0.358 e. The molecule has 3 aromatic carbocycles. The van der Waals surface area contributed by atoms with E-state index in [0.717, 1.165) is 18.4 Å². The summed E-state index contributed by atoms with van der Waals surface area (Å²) in [5, 5.41) is 5.43. The lowest BCUT2D eigenvalue weighted by Gasteiger charge is -2.20. The van der Waals surface area contributed by atoms with E-state index >= 15 is 0 Å². The number of aryl methyl sites for hydroxylation is 1. The summed E-state index contributed by atoms with van der Waals surface area (Å²) in [4.78, 5) is 0.0380. The molecule has 0 aliphatic heterocycles. The minimum absolute atomic E-state index is 0.0380. The van der Waals surface area contributed by atoms with Crippen LogP contribution in [0.5, 0.6) is 0 Å². The summed E-state index contributed by atoms with van der Waals surface area (Å²) >= 11 is 0. The number of unbranched alkanes of at least 4 members (excludes halogenated alkanes) is 1. The monoisotopic (exact) mass is 469 g/mol. The molecule has 0 N–H and O–H groups in total. The molecular weight excluding hydrogens is 441 g/mol. The first kappa shape index (κ1) is 24.0. The van der Waals surface area contributed by atoms with E-state index in [1.807, 2.05) is 74.5 Å². The summed E-state index contributed by atoms with van der Waals surface area (Å²) in [6.45, 7) is 3.92. The van der Waals surface area contributed by atoms with Gasteiger partial charge < -0.3 is 4.57 Å². The number of oxime groups is 1. The van der Waals surface area contributed by atoms with Crippen LogP contribution < -0.4 is 10.6 Å². The Hall–Kier alpha value is -2.69. The summed E-state index contributed by atoms with van der Waals surface area (Å²) in [7, 11) is -7.15. The van der Waals surface area contributed by atoms with Crippen molar-refractivity contribution in [1.82, 2.24) is 0 Å². The molecule has 0 amide bonds. The van der Waals surface area contributed by atoms with Gasteiger partial charge in [-0.15, -0.1) is 0 Å². The number of rotatable bonds is 10. The van der Waals surface area contributed by atoms with Gasteiger partial charge in [-0.05, 0) is 31.9 Å². The van der Waals surface area contributed by atoms with Crippen LogP contribution in [0.25, 0.3) is 0 Å². The van der Waals surface area contributed by atoms with Gasteiger partial charge in [0, 0.05) is 10.6 Å². The van der Waals surface area contributed by atoms with Gasteiger partial charge in [0.25, 0.3) is 0 Å². The average Bonchev–Trinajstić information content (AvgIpc) is 2.82. The van der Waals surface area contributed by atoms with E-state index in [2.05, 4.69) is 5.16 Å². The van der Waals surface area contributed by atoms with Crippen molar-refractivity contribution < 1.29 is 17.3 Å². The maximum absolute atomic E-state index is 14.3. The maximum atomic E-state index is 14.3. The van der Waals surface area contributed by atoms with E-state index < -0.39 is 17.3 Å². The Labute approximate surface area is 190 Å². The Morgan fingerprint density at radius 3 is 1.91 bits per heavy atom. The van der Waals surface area contributed by atoms with E-state index in [0.29, 0.717) is 22.7 Å². The van der Waals surface area contributed by atoms with Crippen molar-refractivity contribution >= 4 is 33.6 Å². The first-order valence-electron chi connectivity index (χ1n) is 10.6. The normalized spacial score (nSPS) is 12.5. The molecule has 0 aromatic heterocycles. The van der Waals surface area contributed by atoms with Crippen LogP contribution in [0.1, 0.15) is 31.7 Å². The zero-order chi connectivity index (χ0) is 23.0. The van der Waals surface area contributed by atoms with Crippen molar-refractivity contribution in [2.75, 3.05) is 6.16 Å². The molecule has 32 heavy (non-hydrogen) atoms. The van der Waals surface area contributed by atoms with Crippen LogP contribution in [-0.4, -0.2) is 20.3 Å². The van der Waals surface area contributed by atoms with Crippen LogP contribution in [0.15, 0.2) is 95.0 Å². The minimum atomic E-state index is -4.06. The Morgan fingerprint density at radius 2 is 1.41 bits per heavy atom. The van der Waals surface area contributed by atoms with Crippen molar-refractivity contribution in [2.45, 2.75) is 38.0 Å². The molecular formula is C25H28NO4PS. The zero-order valence-electron chi connectivity index (χ0n) is 18.3. The van der Waals surface area contributed by atoms with Crippen LogP contribution in [-0.2, 0) is 19.0 Å². The second-order valence-electron chi connectivity index (χ2n) is 7.67. The third-order valence-electron chi connectivity index (χ3n) is 5.14. The maximum Gasteiger partial charge on any atom is 0.358 e. The van der Waals surface area contributed by atoms with Crippen LogP contribution in [0.4, 0.5) is 0 Å². The highest BCUT2D eigenvalue weighted by molar-refractivity contribution is 7.86. The van der Waals surface area contributed by atoms with E-state index in [9.17, 15) is 13.0 Å². The summed E-state index contributed by atoms with van der Waals surface area (Å²) in [5.41, 5.74) is 1.42. The summed E-state index contributed by atoms with van der Waals surface area (Å²) in [6.07, 6.45) is 2.30. The molecule has 168 valence electrons. The lowest BCUT2D eigenvalue weighted by atomic mass is 10.2. The smallest absolute Gasteiger partial charge is 0.313 e. The van der Waals surface area contributed by atoms with Crippen LogP contribution in [0.2, 0.25) is 0 Å². The Kier molecular flexibility index (Phi) is 8.05. The van der Waals surface area contributed by atoms with Crippen LogP contribution in [0.3, 0.4) is 0 Å². The van der Waals surface area contributed by atoms with Gasteiger partial charge in [0.15, 0.2) is 0 Å². The van der Waals surface area contributed by atoms with Gasteiger partial charge in [0.1, 0.15) is 12.0 Å². The molecule has 7 heteroatoms. The van der Waals surface area contributed by atoms with Gasteiger partial charge >= 0.3 is 10.1 Å².